The summed E-state index contributed by atoms with van der Waals surface area (Å²) < 4.78 is 13.2. The number of benzene rings is 6. The summed E-state index contributed by atoms with van der Waals surface area (Å²) in [5, 5.41) is 0. The Bertz CT molecular complexity index is 2560. The Hall–Kier alpha value is -6.69. The Morgan fingerprint density at radius 2 is 1.44 bits per heavy atom. The lowest BCUT2D eigenvalue weighted by Crippen LogP contribution is -2.39. The van der Waals surface area contributed by atoms with Gasteiger partial charge in [-0.25, -0.2) is 4.99 Å². The van der Waals surface area contributed by atoms with Crippen molar-refractivity contribution in [1.29, 1.82) is 0 Å². The number of rotatable bonds is 9. The maximum atomic E-state index is 7.42. The number of nitrogens with zero attached hydrogens (tertiary/aromatic N) is 1. The molecule has 0 radical (unpaired) electrons. The highest BCUT2D eigenvalue weighted by Crippen LogP contribution is 2.58. The van der Waals surface area contributed by atoms with Gasteiger partial charge in [-0.3, -0.25) is 0 Å². The number of ether oxygens (including phenoxy) is 2. The summed E-state index contributed by atoms with van der Waals surface area (Å²) >= 11 is 0. The molecule has 6 aromatic carbocycles. The first kappa shape index (κ1) is 38.6. The van der Waals surface area contributed by atoms with Crippen LogP contribution in [0.25, 0.3) is 27.8 Å². The van der Waals surface area contributed by atoms with E-state index < -0.39 is 5.66 Å². The van der Waals surface area contributed by atoms with Crippen molar-refractivity contribution in [2.24, 2.45) is 16.5 Å². The number of nitrogens with two attached hydrogens (primary N) is 2. The normalized spacial score (nSPS) is 14.7. The minimum Gasteiger partial charge on any atom is -0.449 e. The topological polar surface area (TPSA) is 82.9 Å². The molecule has 1 aliphatic carbocycles. The molecule has 0 bridgehead atoms. The number of fused-ring (bicyclic) bond motifs is 6. The zero-order valence-electron chi connectivity index (χ0n) is 33.1. The standard InChI is InChI=1S/C49H43N3O2.C3H6/c1-5-7-16-33(6-2)36-20-14-21-38(29-36)49(51,31-32-15-13-19-35(28-32)34-17-9-8-10-18-34)52-47(50)37-24-26-42-44(30-37)53-43-27-25-41-45(46(43)54-42)39-22-11-12-23-40(39)48(41,3)4;1-3-2/h5-30H,2,31,51H2,1,3-4H3,(H2,50,52);3H,1H2,2H3/b7-5-,33-16+;. The van der Waals surface area contributed by atoms with Crippen LogP contribution >= 0.6 is 0 Å². The Morgan fingerprint density at radius 3 is 2.21 bits per heavy atom. The number of hydrogen-bond donors (Lipinski definition) is 2. The van der Waals surface area contributed by atoms with Gasteiger partial charge in [-0.1, -0.05) is 154 Å². The van der Waals surface area contributed by atoms with E-state index in [-0.39, 0.29) is 11.3 Å². The second kappa shape index (κ2) is 16.2. The maximum Gasteiger partial charge on any atom is 0.178 e. The van der Waals surface area contributed by atoms with Gasteiger partial charge >= 0.3 is 0 Å². The minimum atomic E-state index is -1.22. The van der Waals surface area contributed by atoms with Crippen LogP contribution in [0.2, 0.25) is 0 Å². The van der Waals surface area contributed by atoms with Gasteiger partial charge < -0.3 is 20.9 Å². The predicted octanol–water partition coefficient (Wildman–Crippen LogP) is 12.7. The average Bonchev–Trinajstić information content (AvgIpc) is 3.47. The molecule has 1 heterocycles. The molecule has 0 spiro atoms. The first-order chi connectivity index (χ1) is 27.6. The van der Waals surface area contributed by atoms with Gasteiger partial charge in [0.15, 0.2) is 23.0 Å². The third-order valence-corrected chi connectivity index (χ3v) is 10.5. The maximum absolute atomic E-state index is 7.42. The molecule has 5 heteroatoms. The zero-order chi connectivity index (χ0) is 40.2. The van der Waals surface area contributed by atoms with Crippen LogP contribution in [-0.4, -0.2) is 5.84 Å². The molecule has 4 N–H and O–H groups in total. The highest BCUT2D eigenvalue weighted by Gasteiger charge is 2.39. The molecule has 2 aliphatic rings. The van der Waals surface area contributed by atoms with Gasteiger partial charge in [-0.2, -0.15) is 0 Å². The smallest absolute Gasteiger partial charge is 0.178 e. The van der Waals surface area contributed by atoms with Gasteiger partial charge in [0.25, 0.3) is 0 Å². The molecule has 5 nitrogen and oxygen atoms in total. The van der Waals surface area contributed by atoms with Crippen molar-refractivity contribution in [2.45, 2.75) is 45.2 Å². The zero-order valence-corrected chi connectivity index (χ0v) is 33.1. The van der Waals surface area contributed by atoms with E-state index in [0.717, 1.165) is 44.7 Å². The van der Waals surface area contributed by atoms with Crippen molar-refractivity contribution in [3.8, 4) is 45.3 Å². The number of amidine groups is 1. The fraction of sp³-hybridized carbons (Fsp3) is 0.135. The van der Waals surface area contributed by atoms with Crippen molar-refractivity contribution in [2.75, 3.05) is 0 Å². The van der Waals surface area contributed by atoms with E-state index in [1.165, 1.54) is 16.7 Å². The van der Waals surface area contributed by atoms with Crippen LogP contribution in [0.15, 0.2) is 182 Å². The van der Waals surface area contributed by atoms with E-state index in [1.54, 1.807) is 6.08 Å². The highest BCUT2D eigenvalue weighted by molar-refractivity contribution is 5.98. The molecule has 0 saturated carbocycles. The summed E-state index contributed by atoms with van der Waals surface area (Å²) in [6, 6.07) is 45.2. The molecule has 8 rings (SSSR count). The number of allylic oxidation sites excluding steroid dienone is 6. The van der Waals surface area contributed by atoms with Crippen LogP contribution in [0.5, 0.6) is 23.0 Å². The lowest BCUT2D eigenvalue weighted by Gasteiger charge is -2.28. The molecule has 0 aromatic heterocycles. The SMILES string of the molecule is C=C/C(=C\C=C/C)c1cccc(C(N)(Cc2cccc(-c3ccccc3)c2)/N=C(\N)c2ccc3c(c2)Oc2ccc4c(c2O3)-c2ccccc2C4(C)C)c1.C=CC. The molecule has 1 atom stereocenters. The Morgan fingerprint density at radius 1 is 0.719 bits per heavy atom. The first-order valence-electron chi connectivity index (χ1n) is 19.3. The van der Waals surface area contributed by atoms with E-state index in [1.807, 2.05) is 92.7 Å². The van der Waals surface area contributed by atoms with E-state index >= 15 is 0 Å². The number of hydrogen-bond acceptors (Lipinski definition) is 4. The third kappa shape index (κ3) is 7.62. The predicted molar refractivity (Wildman–Crippen MR) is 238 cm³/mol. The van der Waals surface area contributed by atoms with Crippen molar-refractivity contribution < 1.29 is 9.47 Å². The van der Waals surface area contributed by atoms with Gasteiger partial charge in [0.2, 0.25) is 0 Å². The van der Waals surface area contributed by atoms with Gasteiger partial charge in [0.05, 0.1) is 0 Å². The van der Waals surface area contributed by atoms with E-state index in [9.17, 15) is 0 Å². The summed E-state index contributed by atoms with van der Waals surface area (Å²) in [5.41, 5.74) is 24.4. The first-order valence-corrected chi connectivity index (χ1v) is 19.3. The van der Waals surface area contributed by atoms with Crippen molar-refractivity contribution in [1.82, 2.24) is 0 Å². The van der Waals surface area contributed by atoms with Crippen LogP contribution < -0.4 is 20.9 Å². The largest absolute Gasteiger partial charge is 0.449 e. The van der Waals surface area contributed by atoms with E-state index in [2.05, 4.69) is 106 Å². The lowest BCUT2D eigenvalue weighted by atomic mass is 9.82. The van der Waals surface area contributed by atoms with Crippen molar-refractivity contribution in [3.63, 3.8) is 0 Å². The second-order valence-corrected chi connectivity index (χ2v) is 14.9. The molecule has 6 aromatic rings. The van der Waals surface area contributed by atoms with Crippen LogP contribution in [0.1, 0.15) is 61.1 Å². The Labute approximate surface area is 337 Å². The molecule has 1 unspecified atom stereocenters. The molecule has 57 heavy (non-hydrogen) atoms. The monoisotopic (exact) mass is 747 g/mol. The summed E-state index contributed by atoms with van der Waals surface area (Å²) in [7, 11) is 0. The second-order valence-electron chi connectivity index (χ2n) is 14.9. The molecular formula is C52H49N3O2. The summed E-state index contributed by atoms with van der Waals surface area (Å²) in [6.45, 7) is 15.8. The fourth-order valence-corrected chi connectivity index (χ4v) is 7.72. The van der Waals surface area contributed by atoms with Crippen LogP contribution in [0, 0.1) is 0 Å². The number of aliphatic imine (C=N–C) groups is 1. The highest BCUT2D eigenvalue weighted by atomic mass is 16.6. The molecule has 1 aliphatic heterocycles. The quantitative estimate of drug-likeness (QED) is 0.0667. The van der Waals surface area contributed by atoms with E-state index in [0.29, 0.717) is 29.2 Å². The molecular weight excluding hydrogens is 699 g/mol. The van der Waals surface area contributed by atoms with E-state index in [4.69, 9.17) is 25.9 Å². The summed E-state index contributed by atoms with van der Waals surface area (Å²) in [4.78, 5) is 5.13. The van der Waals surface area contributed by atoms with Gasteiger partial charge in [-0.15, -0.1) is 6.58 Å². The minimum absolute atomic E-state index is 0.146. The van der Waals surface area contributed by atoms with Gasteiger partial charge in [0, 0.05) is 23.0 Å². The average molecular weight is 748 g/mol. The Balaban J connectivity index is 0.00000160. The van der Waals surface area contributed by atoms with Crippen molar-refractivity contribution in [3.05, 3.63) is 210 Å². The van der Waals surface area contributed by atoms with Gasteiger partial charge in [0.1, 0.15) is 11.5 Å². The summed E-state index contributed by atoms with van der Waals surface area (Å²) in [6.07, 6.45) is 10.0. The van der Waals surface area contributed by atoms with Gasteiger partial charge in [-0.05, 0) is 94.3 Å². The Kier molecular flexibility index (Phi) is 11.0. The van der Waals surface area contributed by atoms with Crippen LogP contribution in [0.3, 0.4) is 0 Å². The van der Waals surface area contributed by atoms with Crippen LogP contribution in [-0.2, 0) is 17.5 Å². The molecule has 284 valence electrons. The molecule has 0 fully saturated rings. The molecule has 0 amide bonds. The van der Waals surface area contributed by atoms with Crippen molar-refractivity contribution >= 4 is 11.4 Å². The summed E-state index contributed by atoms with van der Waals surface area (Å²) in [5.74, 6) is 2.86. The molecule has 0 saturated heterocycles. The third-order valence-electron chi connectivity index (χ3n) is 10.5. The van der Waals surface area contributed by atoms with Crippen LogP contribution in [0.4, 0.5) is 0 Å². The fourth-order valence-electron chi connectivity index (χ4n) is 7.72. The lowest BCUT2D eigenvalue weighted by molar-refractivity contribution is 0.360.